The summed E-state index contributed by atoms with van der Waals surface area (Å²) in [5.41, 5.74) is -0.766. The summed E-state index contributed by atoms with van der Waals surface area (Å²) in [6.07, 6.45) is 1.93. The molecule has 1 aliphatic rings. The molecule has 1 aromatic carbocycles. The van der Waals surface area contributed by atoms with Gasteiger partial charge in [-0.05, 0) is 20.0 Å². The van der Waals surface area contributed by atoms with Gasteiger partial charge in [0.15, 0.2) is 11.6 Å². The normalized spacial score (nSPS) is 15.4. The van der Waals surface area contributed by atoms with Crippen LogP contribution in [0.4, 0.5) is 10.1 Å². The summed E-state index contributed by atoms with van der Waals surface area (Å²) < 4.78 is 22.4. The Hall–Kier alpha value is -2.94. The topological polar surface area (TPSA) is 101 Å². The second-order valence-electron chi connectivity index (χ2n) is 6.39. The molecule has 0 spiro atoms. The van der Waals surface area contributed by atoms with E-state index >= 15 is 0 Å². The van der Waals surface area contributed by atoms with Crippen molar-refractivity contribution in [3.05, 3.63) is 33.9 Å². The van der Waals surface area contributed by atoms with Crippen LogP contribution < -0.4 is 20.4 Å². The first kappa shape index (κ1) is 18.8. The number of aromatic carboxylic acids is 1. The second-order valence-corrected chi connectivity index (χ2v) is 6.39. The van der Waals surface area contributed by atoms with Gasteiger partial charge in [-0.25, -0.2) is 9.18 Å². The standard InChI is InChI=1S/C18H20FN3O5/c1-10-9-27-17-14-11(16(24)12(18(25)26)8-22(10)14)7-13(19)15(17)21(5-6-23)4-3-20-2/h6-8,10,20H,3-5,9H2,1-2H3,(H,25,26)/t10-/m0/s1. The number of rotatable bonds is 7. The lowest BCUT2D eigenvalue weighted by Crippen LogP contribution is -2.34. The lowest BCUT2D eigenvalue weighted by Gasteiger charge is -2.32. The maximum Gasteiger partial charge on any atom is 0.341 e. The van der Waals surface area contributed by atoms with Crippen molar-refractivity contribution < 1.29 is 23.8 Å². The largest absolute Gasteiger partial charge is 0.487 e. The van der Waals surface area contributed by atoms with Gasteiger partial charge in [0.25, 0.3) is 0 Å². The summed E-state index contributed by atoms with van der Waals surface area (Å²) in [5, 5.41) is 12.2. The van der Waals surface area contributed by atoms with Crippen molar-refractivity contribution in [2.75, 3.05) is 38.2 Å². The number of halogens is 1. The van der Waals surface area contributed by atoms with Gasteiger partial charge in [0.05, 0.1) is 23.5 Å². The third kappa shape index (κ3) is 3.14. The smallest absolute Gasteiger partial charge is 0.341 e. The molecule has 0 radical (unpaired) electrons. The first-order valence-corrected chi connectivity index (χ1v) is 8.51. The Morgan fingerprint density at radius 3 is 2.93 bits per heavy atom. The van der Waals surface area contributed by atoms with Crippen LogP contribution in [0, 0.1) is 5.82 Å². The number of carboxylic acid groups (broad SMARTS) is 1. The van der Waals surface area contributed by atoms with Gasteiger partial charge in [0, 0.05) is 19.3 Å². The number of hydrogen-bond acceptors (Lipinski definition) is 6. The Morgan fingerprint density at radius 1 is 1.56 bits per heavy atom. The zero-order chi connectivity index (χ0) is 19.7. The molecule has 0 amide bonds. The lowest BCUT2D eigenvalue weighted by atomic mass is 10.1. The predicted molar refractivity (Wildman–Crippen MR) is 97.5 cm³/mol. The summed E-state index contributed by atoms with van der Waals surface area (Å²) in [6.45, 7) is 2.80. The Balaban J connectivity index is 2.35. The van der Waals surface area contributed by atoms with E-state index in [1.807, 2.05) is 6.92 Å². The van der Waals surface area contributed by atoms with Crippen LogP contribution in [-0.4, -0.2) is 55.2 Å². The van der Waals surface area contributed by atoms with Crippen molar-refractivity contribution >= 4 is 28.8 Å². The number of aromatic nitrogens is 1. The number of anilines is 1. The second kappa shape index (κ2) is 7.36. The maximum atomic E-state index is 15.0. The van der Waals surface area contributed by atoms with Crippen molar-refractivity contribution in [2.24, 2.45) is 0 Å². The first-order chi connectivity index (χ1) is 12.9. The number of pyridine rings is 1. The number of benzene rings is 1. The molecule has 0 fully saturated rings. The molecule has 1 aliphatic heterocycles. The molecule has 0 aliphatic carbocycles. The van der Waals surface area contributed by atoms with Gasteiger partial charge >= 0.3 is 5.97 Å². The van der Waals surface area contributed by atoms with Gasteiger partial charge in [0.1, 0.15) is 24.1 Å². The van der Waals surface area contributed by atoms with Crippen LogP contribution in [0.2, 0.25) is 0 Å². The van der Waals surface area contributed by atoms with E-state index in [2.05, 4.69) is 5.32 Å². The minimum atomic E-state index is -1.37. The maximum absolute atomic E-state index is 15.0. The number of carbonyl (C=O) groups is 2. The molecule has 8 nitrogen and oxygen atoms in total. The van der Waals surface area contributed by atoms with E-state index in [1.165, 1.54) is 11.1 Å². The monoisotopic (exact) mass is 377 g/mol. The molecule has 0 bridgehead atoms. The van der Waals surface area contributed by atoms with Crippen LogP contribution in [0.15, 0.2) is 17.1 Å². The minimum Gasteiger partial charge on any atom is -0.487 e. The number of carbonyl (C=O) groups excluding carboxylic acids is 1. The van der Waals surface area contributed by atoms with E-state index in [0.29, 0.717) is 24.9 Å². The van der Waals surface area contributed by atoms with Gasteiger partial charge in [-0.3, -0.25) is 4.79 Å². The van der Waals surface area contributed by atoms with Crippen molar-refractivity contribution in [3.63, 3.8) is 0 Å². The number of carboxylic acids is 1. The number of aldehydes is 1. The van der Waals surface area contributed by atoms with E-state index in [9.17, 15) is 23.9 Å². The van der Waals surface area contributed by atoms with Crippen molar-refractivity contribution in [1.29, 1.82) is 0 Å². The molecule has 144 valence electrons. The summed E-state index contributed by atoms with van der Waals surface area (Å²) >= 11 is 0. The van der Waals surface area contributed by atoms with E-state index < -0.39 is 22.8 Å². The fraction of sp³-hybridized carbons (Fsp3) is 0.389. The fourth-order valence-corrected chi connectivity index (χ4v) is 3.29. The number of nitrogens with one attached hydrogen (secondary N) is 1. The highest BCUT2D eigenvalue weighted by atomic mass is 19.1. The highest BCUT2D eigenvalue weighted by Crippen LogP contribution is 2.41. The molecule has 0 saturated carbocycles. The van der Waals surface area contributed by atoms with Crippen LogP contribution in [-0.2, 0) is 4.79 Å². The molecule has 2 N–H and O–H groups in total. The molecule has 1 aromatic heterocycles. The highest BCUT2D eigenvalue weighted by Gasteiger charge is 2.29. The molecule has 2 aromatic rings. The van der Waals surface area contributed by atoms with E-state index in [-0.39, 0.29) is 36.0 Å². The van der Waals surface area contributed by atoms with Crippen molar-refractivity contribution in [3.8, 4) is 5.75 Å². The summed E-state index contributed by atoms with van der Waals surface area (Å²) in [6, 6.07) is 0.784. The molecule has 0 unspecified atom stereocenters. The zero-order valence-corrected chi connectivity index (χ0v) is 15.0. The van der Waals surface area contributed by atoms with Gasteiger partial charge in [0.2, 0.25) is 5.43 Å². The van der Waals surface area contributed by atoms with Crippen LogP contribution in [0.5, 0.6) is 5.75 Å². The quantitative estimate of drug-likeness (QED) is 0.695. The van der Waals surface area contributed by atoms with E-state index in [0.717, 1.165) is 6.07 Å². The fourth-order valence-electron chi connectivity index (χ4n) is 3.29. The SMILES string of the molecule is CNCCN(CC=O)c1c(F)cc2c(=O)c(C(=O)O)cn3c2c1OC[C@@H]3C. The molecule has 3 rings (SSSR count). The van der Waals surface area contributed by atoms with Gasteiger partial charge < -0.3 is 29.4 Å². The van der Waals surface area contributed by atoms with Crippen LogP contribution in [0.1, 0.15) is 23.3 Å². The summed E-state index contributed by atoms with van der Waals surface area (Å²) in [5.74, 6) is -1.96. The van der Waals surface area contributed by atoms with Crippen LogP contribution >= 0.6 is 0 Å². The number of ether oxygens (including phenoxy) is 1. The molecule has 0 saturated heterocycles. The average molecular weight is 377 g/mol. The third-order valence-electron chi connectivity index (χ3n) is 4.62. The number of hydrogen-bond donors (Lipinski definition) is 2. The van der Waals surface area contributed by atoms with Gasteiger partial charge in [-0.2, -0.15) is 0 Å². The van der Waals surface area contributed by atoms with Crippen molar-refractivity contribution in [1.82, 2.24) is 9.88 Å². The van der Waals surface area contributed by atoms with Crippen molar-refractivity contribution in [2.45, 2.75) is 13.0 Å². The Kier molecular flexibility index (Phi) is 5.13. The number of nitrogens with zero attached hydrogens (tertiary/aromatic N) is 2. The van der Waals surface area contributed by atoms with E-state index in [4.69, 9.17) is 4.74 Å². The third-order valence-corrected chi connectivity index (χ3v) is 4.62. The summed E-state index contributed by atoms with van der Waals surface area (Å²) in [4.78, 5) is 36.6. The Labute approximate surface area is 154 Å². The van der Waals surface area contributed by atoms with Gasteiger partial charge in [-0.1, -0.05) is 0 Å². The molecule has 27 heavy (non-hydrogen) atoms. The minimum absolute atomic E-state index is 0.0482. The number of likely N-dealkylation sites (N-methyl/N-ethyl adjacent to an activating group) is 1. The molecule has 2 heterocycles. The Bertz CT molecular complexity index is 972. The Morgan fingerprint density at radius 2 is 2.30 bits per heavy atom. The average Bonchev–Trinajstić information content (AvgIpc) is 2.63. The lowest BCUT2D eigenvalue weighted by molar-refractivity contribution is -0.106. The first-order valence-electron chi connectivity index (χ1n) is 8.51. The zero-order valence-electron chi connectivity index (χ0n) is 15.0. The van der Waals surface area contributed by atoms with Crippen LogP contribution in [0.25, 0.3) is 10.9 Å². The highest BCUT2D eigenvalue weighted by molar-refractivity contribution is 5.97. The molecule has 9 heteroatoms. The molecular formula is C18H20FN3O5. The van der Waals surface area contributed by atoms with Crippen LogP contribution in [0.3, 0.4) is 0 Å². The molecular weight excluding hydrogens is 357 g/mol. The predicted octanol–water partition coefficient (Wildman–Crippen LogP) is 1.02. The van der Waals surface area contributed by atoms with E-state index in [1.54, 1.807) is 11.6 Å². The van der Waals surface area contributed by atoms with Gasteiger partial charge in [-0.15, -0.1) is 0 Å². The molecule has 1 atom stereocenters. The summed E-state index contributed by atoms with van der Waals surface area (Å²) in [7, 11) is 1.74.